The van der Waals surface area contributed by atoms with Crippen LogP contribution in [0.25, 0.3) is 0 Å². The second-order valence-corrected chi connectivity index (χ2v) is 13.8. The van der Waals surface area contributed by atoms with Crippen molar-refractivity contribution >= 4 is 21.5 Å². The van der Waals surface area contributed by atoms with Crippen LogP contribution in [0.2, 0.25) is 5.04 Å². The lowest BCUT2D eigenvalue weighted by molar-refractivity contribution is -0.0312. The monoisotopic (exact) mass is 454 g/mol. The van der Waals surface area contributed by atoms with Crippen LogP contribution in [-0.4, -0.2) is 81.9 Å². The van der Waals surface area contributed by atoms with Gasteiger partial charge in [0.15, 0.2) is 9.76 Å². The number of hydrogen-bond donors (Lipinski definition) is 2. The van der Waals surface area contributed by atoms with Crippen molar-refractivity contribution in [2.24, 2.45) is 0 Å². The number of thioether (sulfide) groups is 1. The average molecular weight is 455 g/mol. The number of hydrogen-bond acceptors (Lipinski definition) is 6. The fourth-order valence-corrected chi connectivity index (χ4v) is 5.59. The molecule has 0 aliphatic carbocycles. The Hall–Kier alpha value is -0.413. The number of nitrogens with one attached hydrogen (secondary N) is 1. The van der Waals surface area contributed by atoms with Gasteiger partial charge in [0.05, 0.1) is 31.5 Å². The maximum atomic E-state index is 9.22. The first-order valence-corrected chi connectivity index (χ1v) is 13.6. The standard InChI is InChI=1S/C12H17NO2.C11H25NOSSi/c14-9-12-10-15-7-6-13(12)8-11-4-2-1-3-5-11;1-10(2,3)15-13-11(4,5)9-8-14-7-6-12-9/h1-5,12,14H,6-10H2;9,12H,6-8,15H2,1-5H3/t12-;/m1./s1. The zero-order chi connectivity index (χ0) is 22.0. The molecule has 1 aromatic carbocycles. The number of nitrogens with zero attached hydrogens (tertiary/aromatic N) is 1. The zero-order valence-electron chi connectivity index (χ0n) is 19.5. The van der Waals surface area contributed by atoms with Crippen LogP contribution in [0.5, 0.6) is 0 Å². The highest BCUT2D eigenvalue weighted by Gasteiger charge is 2.32. The molecule has 2 fully saturated rings. The molecular formula is C23H42N2O3SSi. The summed E-state index contributed by atoms with van der Waals surface area (Å²) in [6.07, 6.45) is 0. The number of morpholine rings is 1. The van der Waals surface area contributed by atoms with Gasteiger partial charge in [0.25, 0.3) is 0 Å². The van der Waals surface area contributed by atoms with Crippen LogP contribution in [0.4, 0.5) is 0 Å². The van der Waals surface area contributed by atoms with Crippen molar-refractivity contribution < 1.29 is 14.3 Å². The van der Waals surface area contributed by atoms with Gasteiger partial charge < -0.3 is 19.6 Å². The summed E-state index contributed by atoms with van der Waals surface area (Å²) in [5.74, 6) is 2.43. The summed E-state index contributed by atoms with van der Waals surface area (Å²) in [5, 5.41) is 13.2. The summed E-state index contributed by atoms with van der Waals surface area (Å²) >= 11 is 2.04. The number of rotatable bonds is 6. The fourth-order valence-electron chi connectivity index (χ4n) is 3.40. The van der Waals surface area contributed by atoms with Crippen LogP contribution in [0.3, 0.4) is 0 Å². The van der Waals surface area contributed by atoms with E-state index in [1.54, 1.807) is 0 Å². The van der Waals surface area contributed by atoms with Gasteiger partial charge in [0.2, 0.25) is 0 Å². The molecule has 2 N–H and O–H groups in total. The van der Waals surface area contributed by atoms with E-state index in [0.29, 0.717) is 17.7 Å². The van der Waals surface area contributed by atoms with E-state index in [2.05, 4.69) is 57.0 Å². The smallest absolute Gasteiger partial charge is 0.167 e. The molecule has 2 aliphatic heterocycles. The Balaban J connectivity index is 0.000000214. The molecule has 172 valence electrons. The summed E-state index contributed by atoms with van der Waals surface area (Å²) in [7, 11) is -0.449. The van der Waals surface area contributed by atoms with E-state index >= 15 is 0 Å². The molecule has 3 rings (SSSR count). The van der Waals surface area contributed by atoms with Gasteiger partial charge in [-0.3, -0.25) is 4.90 Å². The summed E-state index contributed by atoms with van der Waals surface area (Å²) in [6.45, 7) is 15.8. The van der Waals surface area contributed by atoms with Crippen molar-refractivity contribution in [3.05, 3.63) is 35.9 Å². The van der Waals surface area contributed by atoms with Crippen molar-refractivity contribution in [3.63, 3.8) is 0 Å². The van der Waals surface area contributed by atoms with Gasteiger partial charge in [-0.05, 0) is 24.4 Å². The number of aliphatic hydroxyl groups is 1. The summed E-state index contributed by atoms with van der Waals surface area (Å²) in [6, 6.07) is 11.0. The highest BCUT2D eigenvalue weighted by Crippen LogP contribution is 2.27. The molecule has 2 atom stereocenters. The molecule has 0 spiro atoms. The van der Waals surface area contributed by atoms with Gasteiger partial charge in [-0.2, -0.15) is 11.8 Å². The first kappa shape index (κ1) is 25.8. The maximum Gasteiger partial charge on any atom is 0.167 e. The zero-order valence-corrected chi connectivity index (χ0v) is 21.8. The first-order chi connectivity index (χ1) is 14.2. The van der Waals surface area contributed by atoms with E-state index < -0.39 is 9.76 Å². The quantitative estimate of drug-likeness (QED) is 0.645. The summed E-state index contributed by atoms with van der Waals surface area (Å²) < 4.78 is 11.5. The highest BCUT2D eigenvalue weighted by atomic mass is 32.2. The molecule has 0 aromatic heterocycles. The number of aliphatic hydroxyl groups excluding tert-OH is 1. The largest absolute Gasteiger partial charge is 0.417 e. The lowest BCUT2D eigenvalue weighted by Gasteiger charge is -2.39. The third-order valence-corrected chi connectivity index (χ3v) is 8.24. The number of ether oxygens (including phenoxy) is 1. The molecule has 30 heavy (non-hydrogen) atoms. The third kappa shape index (κ3) is 9.38. The predicted octanol–water partition coefficient (Wildman–Crippen LogP) is 2.67. The van der Waals surface area contributed by atoms with Gasteiger partial charge in [-0.1, -0.05) is 51.1 Å². The third-order valence-electron chi connectivity index (χ3n) is 5.43. The Labute approximate surface area is 190 Å². The van der Waals surface area contributed by atoms with Crippen molar-refractivity contribution in [1.29, 1.82) is 0 Å². The van der Waals surface area contributed by atoms with Crippen LogP contribution in [0, 0.1) is 0 Å². The Morgan fingerprint density at radius 1 is 1.23 bits per heavy atom. The van der Waals surface area contributed by atoms with E-state index in [4.69, 9.17) is 9.16 Å². The Kier molecular flexibility index (Phi) is 10.8. The first-order valence-electron chi connectivity index (χ1n) is 11.1. The molecular weight excluding hydrogens is 412 g/mol. The van der Waals surface area contributed by atoms with Crippen LogP contribution in [0.1, 0.15) is 40.2 Å². The molecule has 2 saturated heterocycles. The molecule has 0 radical (unpaired) electrons. The van der Waals surface area contributed by atoms with Gasteiger partial charge in [0.1, 0.15) is 0 Å². The van der Waals surface area contributed by atoms with Gasteiger partial charge in [-0.15, -0.1) is 0 Å². The molecule has 0 bridgehead atoms. The molecule has 0 saturated carbocycles. The lowest BCUT2D eigenvalue weighted by atomic mass is 10.0. The lowest BCUT2D eigenvalue weighted by Crippen LogP contribution is -2.53. The Morgan fingerprint density at radius 2 is 1.97 bits per heavy atom. The van der Waals surface area contributed by atoms with E-state index in [1.165, 1.54) is 17.1 Å². The average Bonchev–Trinajstić information content (AvgIpc) is 2.74. The van der Waals surface area contributed by atoms with Crippen molar-refractivity contribution in [1.82, 2.24) is 10.2 Å². The van der Waals surface area contributed by atoms with Crippen molar-refractivity contribution in [3.8, 4) is 0 Å². The van der Waals surface area contributed by atoms with Crippen molar-refractivity contribution in [2.45, 2.75) is 63.9 Å². The second kappa shape index (κ2) is 12.6. The predicted molar refractivity (Wildman–Crippen MR) is 131 cm³/mol. The van der Waals surface area contributed by atoms with E-state index in [1.807, 2.05) is 30.0 Å². The molecule has 1 aromatic rings. The molecule has 2 aliphatic rings. The Bertz CT molecular complexity index is 592. The van der Waals surface area contributed by atoms with Crippen LogP contribution < -0.4 is 5.32 Å². The van der Waals surface area contributed by atoms with Gasteiger partial charge in [-0.25, -0.2) is 0 Å². The maximum absolute atomic E-state index is 9.22. The molecule has 7 heteroatoms. The minimum atomic E-state index is -0.449. The highest BCUT2D eigenvalue weighted by molar-refractivity contribution is 7.99. The van der Waals surface area contributed by atoms with E-state index in [0.717, 1.165) is 26.2 Å². The SMILES string of the molecule is CC(C)(C)[SiH2]OC(C)(C)C1CSCCN1.OC[C@@H]1COCCN1Cc1ccccc1. The molecule has 5 nitrogen and oxygen atoms in total. The second-order valence-electron chi connectivity index (χ2n) is 9.90. The summed E-state index contributed by atoms with van der Waals surface area (Å²) in [5.41, 5.74) is 1.30. The minimum Gasteiger partial charge on any atom is -0.417 e. The van der Waals surface area contributed by atoms with Gasteiger partial charge in [0, 0.05) is 37.2 Å². The van der Waals surface area contributed by atoms with Gasteiger partial charge >= 0.3 is 0 Å². The topological polar surface area (TPSA) is 54.0 Å². The molecule has 0 amide bonds. The van der Waals surface area contributed by atoms with Crippen LogP contribution in [0.15, 0.2) is 30.3 Å². The van der Waals surface area contributed by atoms with E-state index in [-0.39, 0.29) is 18.2 Å². The molecule has 2 heterocycles. The van der Waals surface area contributed by atoms with Crippen LogP contribution in [-0.2, 0) is 15.7 Å². The fraction of sp³-hybridized carbons (Fsp3) is 0.739. The Morgan fingerprint density at radius 3 is 2.57 bits per heavy atom. The molecule has 1 unspecified atom stereocenters. The van der Waals surface area contributed by atoms with Crippen LogP contribution >= 0.6 is 11.8 Å². The van der Waals surface area contributed by atoms with Crippen molar-refractivity contribution in [2.75, 3.05) is 44.4 Å². The summed E-state index contributed by atoms with van der Waals surface area (Å²) in [4.78, 5) is 2.28. The number of benzene rings is 1. The minimum absolute atomic E-state index is 0.00687. The van der Waals surface area contributed by atoms with E-state index in [9.17, 15) is 5.11 Å². The normalized spacial score (nSPS) is 23.9.